The van der Waals surface area contributed by atoms with Crippen molar-refractivity contribution in [2.75, 3.05) is 6.61 Å². The van der Waals surface area contributed by atoms with Gasteiger partial charge in [0.05, 0.1) is 12.6 Å². The van der Waals surface area contributed by atoms with Crippen molar-refractivity contribution in [3.05, 3.63) is 65.9 Å². The SMILES string of the molecule is O=C1N[C@@H]([C@H](O)c2ccc(O)cc2)COC1c1c[nH]c2ccccc12. The van der Waals surface area contributed by atoms with Crippen molar-refractivity contribution < 1.29 is 19.7 Å². The van der Waals surface area contributed by atoms with Crippen LogP contribution in [0.2, 0.25) is 0 Å². The zero-order valence-electron chi connectivity index (χ0n) is 13.3. The maximum atomic E-state index is 12.5. The van der Waals surface area contributed by atoms with E-state index in [1.54, 1.807) is 18.3 Å². The monoisotopic (exact) mass is 338 g/mol. The number of nitrogens with one attached hydrogen (secondary N) is 2. The number of rotatable bonds is 3. The highest BCUT2D eigenvalue weighted by Gasteiger charge is 2.35. The first kappa shape index (κ1) is 15.7. The molecule has 0 spiro atoms. The van der Waals surface area contributed by atoms with Crippen molar-refractivity contribution >= 4 is 16.8 Å². The highest BCUT2D eigenvalue weighted by Crippen LogP contribution is 2.30. The number of amides is 1. The summed E-state index contributed by atoms with van der Waals surface area (Å²) >= 11 is 0. The van der Waals surface area contributed by atoms with Crippen molar-refractivity contribution in [1.29, 1.82) is 0 Å². The van der Waals surface area contributed by atoms with Crippen LogP contribution in [0.4, 0.5) is 0 Å². The number of para-hydroxylation sites is 1. The maximum Gasteiger partial charge on any atom is 0.254 e. The fourth-order valence-corrected chi connectivity index (χ4v) is 3.19. The second kappa shape index (κ2) is 6.23. The van der Waals surface area contributed by atoms with Gasteiger partial charge < -0.3 is 25.3 Å². The van der Waals surface area contributed by atoms with E-state index in [0.717, 1.165) is 16.5 Å². The molecular weight excluding hydrogens is 320 g/mol. The van der Waals surface area contributed by atoms with Gasteiger partial charge in [0.2, 0.25) is 0 Å². The van der Waals surface area contributed by atoms with Crippen LogP contribution < -0.4 is 5.32 Å². The highest BCUT2D eigenvalue weighted by molar-refractivity contribution is 5.91. The van der Waals surface area contributed by atoms with Gasteiger partial charge in [-0.2, -0.15) is 0 Å². The number of aromatic hydroxyl groups is 1. The molecular formula is C19H18N2O4. The smallest absolute Gasteiger partial charge is 0.254 e. The Labute approximate surface area is 144 Å². The zero-order valence-corrected chi connectivity index (χ0v) is 13.3. The summed E-state index contributed by atoms with van der Waals surface area (Å²) in [6.07, 6.45) is 0.166. The normalized spacial score (nSPS) is 21.9. The molecule has 3 aromatic rings. The molecule has 2 heterocycles. The van der Waals surface area contributed by atoms with Gasteiger partial charge in [-0.3, -0.25) is 4.79 Å². The van der Waals surface area contributed by atoms with Crippen LogP contribution in [-0.4, -0.2) is 33.8 Å². The van der Waals surface area contributed by atoms with E-state index < -0.39 is 18.2 Å². The minimum Gasteiger partial charge on any atom is -0.508 e. The lowest BCUT2D eigenvalue weighted by Gasteiger charge is -2.32. The second-order valence-electron chi connectivity index (χ2n) is 6.15. The molecule has 2 aromatic carbocycles. The fraction of sp³-hybridized carbons (Fsp3) is 0.211. The molecule has 1 unspecified atom stereocenters. The van der Waals surface area contributed by atoms with Crippen LogP contribution in [0.5, 0.6) is 5.75 Å². The lowest BCUT2D eigenvalue weighted by molar-refractivity contribution is -0.144. The first-order valence-corrected chi connectivity index (χ1v) is 8.08. The number of hydrogen-bond donors (Lipinski definition) is 4. The van der Waals surface area contributed by atoms with Gasteiger partial charge >= 0.3 is 0 Å². The number of carbonyl (C=O) groups is 1. The number of aliphatic hydroxyl groups is 1. The summed E-state index contributed by atoms with van der Waals surface area (Å²) < 4.78 is 5.78. The third-order valence-corrected chi connectivity index (χ3v) is 4.53. The summed E-state index contributed by atoms with van der Waals surface area (Å²) in [5.74, 6) is -0.155. The van der Waals surface area contributed by atoms with Crippen molar-refractivity contribution in [1.82, 2.24) is 10.3 Å². The van der Waals surface area contributed by atoms with E-state index in [4.69, 9.17) is 4.74 Å². The number of aromatic amines is 1. The second-order valence-corrected chi connectivity index (χ2v) is 6.15. The Balaban J connectivity index is 1.52. The number of carbonyl (C=O) groups excluding carboxylic acids is 1. The maximum absolute atomic E-state index is 12.5. The average molecular weight is 338 g/mol. The summed E-state index contributed by atoms with van der Waals surface area (Å²) in [6, 6.07) is 13.4. The lowest BCUT2D eigenvalue weighted by Crippen LogP contribution is -2.50. The van der Waals surface area contributed by atoms with E-state index in [-0.39, 0.29) is 18.3 Å². The van der Waals surface area contributed by atoms with Gasteiger partial charge in [0.15, 0.2) is 6.10 Å². The van der Waals surface area contributed by atoms with E-state index in [9.17, 15) is 15.0 Å². The van der Waals surface area contributed by atoms with Crippen LogP contribution in [-0.2, 0) is 9.53 Å². The molecule has 0 aliphatic carbocycles. The lowest BCUT2D eigenvalue weighted by atomic mass is 9.99. The summed E-state index contributed by atoms with van der Waals surface area (Å²) in [4.78, 5) is 15.7. The average Bonchev–Trinajstić information content (AvgIpc) is 3.05. The Kier molecular flexibility index (Phi) is 3.91. The first-order chi connectivity index (χ1) is 12.1. The fourth-order valence-electron chi connectivity index (χ4n) is 3.19. The molecule has 1 saturated heterocycles. The standard InChI is InChI=1S/C19H18N2O4/c22-12-7-5-11(6-8-12)17(23)16-10-25-18(19(24)21-16)14-9-20-15-4-2-1-3-13(14)15/h1-9,16-18,20,22-23H,10H2,(H,21,24)/t16-,17-,18?/m1/s1. The molecule has 4 rings (SSSR count). The minimum absolute atomic E-state index is 0.124. The van der Waals surface area contributed by atoms with Gasteiger partial charge in [-0.15, -0.1) is 0 Å². The van der Waals surface area contributed by atoms with Crippen LogP contribution >= 0.6 is 0 Å². The Morgan fingerprint density at radius 2 is 1.88 bits per heavy atom. The predicted octanol–water partition coefficient (Wildman–Crippen LogP) is 2.16. The number of aromatic nitrogens is 1. The van der Waals surface area contributed by atoms with E-state index in [1.165, 1.54) is 12.1 Å². The van der Waals surface area contributed by atoms with Crippen molar-refractivity contribution in [2.45, 2.75) is 18.2 Å². The number of fused-ring (bicyclic) bond motifs is 1. The Morgan fingerprint density at radius 1 is 1.12 bits per heavy atom. The van der Waals surface area contributed by atoms with E-state index >= 15 is 0 Å². The van der Waals surface area contributed by atoms with Crippen molar-refractivity contribution in [3.63, 3.8) is 0 Å². The quantitative estimate of drug-likeness (QED) is 0.589. The van der Waals surface area contributed by atoms with E-state index in [2.05, 4.69) is 10.3 Å². The van der Waals surface area contributed by atoms with Gasteiger partial charge in [0.25, 0.3) is 5.91 Å². The van der Waals surface area contributed by atoms with Crippen LogP contribution in [0.3, 0.4) is 0 Å². The Bertz CT molecular complexity index is 903. The summed E-state index contributed by atoms with van der Waals surface area (Å²) in [6.45, 7) is 0.192. The molecule has 1 fully saturated rings. The molecule has 3 atom stereocenters. The summed E-state index contributed by atoms with van der Waals surface area (Å²) in [5, 5.41) is 23.6. The predicted molar refractivity (Wildman–Crippen MR) is 92.0 cm³/mol. The van der Waals surface area contributed by atoms with Gasteiger partial charge in [0.1, 0.15) is 11.9 Å². The number of ether oxygens (including phenoxy) is 1. The van der Waals surface area contributed by atoms with E-state index in [1.807, 2.05) is 24.3 Å². The van der Waals surface area contributed by atoms with Gasteiger partial charge in [-0.1, -0.05) is 30.3 Å². The number of hydrogen-bond acceptors (Lipinski definition) is 4. The first-order valence-electron chi connectivity index (χ1n) is 8.08. The Morgan fingerprint density at radius 3 is 2.64 bits per heavy atom. The number of phenols is 1. The van der Waals surface area contributed by atoms with Gasteiger partial charge in [0, 0.05) is 22.7 Å². The number of H-pyrrole nitrogens is 1. The third-order valence-electron chi connectivity index (χ3n) is 4.53. The number of aliphatic hydroxyl groups excluding tert-OH is 1. The van der Waals surface area contributed by atoms with Crippen LogP contribution in [0.15, 0.2) is 54.7 Å². The molecule has 6 heteroatoms. The summed E-state index contributed by atoms with van der Waals surface area (Å²) in [5.41, 5.74) is 2.34. The third kappa shape index (κ3) is 2.86. The molecule has 128 valence electrons. The minimum atomic E-state index is -0.909. The molecule has 1 amide bonds. The van der Waals surface area contributed by atoms with Crippen LogP contribution in [0.25, 0.3) is 10.9 Å². The molecule has 1 aliphatic heterocycles. The number of phenolic OH excluding ortho intramolecular Hbond substituents is 1. The van der Waals surface area contributed by atoms with E-state index in [0.29, 0.717) is 5.56 Å². The van der Waals surface area contributed by atoms with Gasteiger partial charge in [-0.05, 0) is 23.8 Å². The molecule has 1 aromatic heterocycles. The molecule has 25 heavy (non-hydrogen) atoms. The molecule has 6 nitrogen and oxygen atoms in total. The van der Waals surface area contributed by atoms with Crippen LogP contribution in [0, 0.1) is 0 Å². The topological polar surface area (TPSA) is 94.6 Å². The number of morpholine rings is 1. The van der Waals surface area contributed by atoms with Crippen molar-refractivity contribution in [3.8, 4) is 5.75 Å². The molecule has 0 saturated carbocycles. The van der Waals surface area contributed by atoms with Gasteiger partial charge in [-0.25, -0.2) is 0 Å². The Hall–Kier alpha value is -2.83. The molecule has 0 bridgehead atoms. The summed E-state index contributed by atoms with van der Waals surface area (Å²) in [7, 11) is 0. The molecule has 0 radical (unpaired) electrons. The molecule has 1 aliphatic rings. The zero-order chi connectivity index (χ0) is 17.4. The molecule has 4 N–H and O–H groups in total. The van der Waals surface area contributed by atoms with Crippen molar-refractivity contribution in [2.24, 2.45) is 0 Å². The van der Waals surface area contributed by atoms with Crippen LogP contribution in [0.1, 0.15) is 23.3 Å². The highest BCUT2D eigenvalue weighted by atomic mass is 16.5. The largest absolute Gasteiger partial charge is 0.508 e. The number of benzene rings is 2.